The molecule has 62 heavy (non-hydrogen) atoms. The second-order valence-electron chi connectivity index (χ2n) is 16.2. The van der Waals surface area contributed by atoms with Crippen LogP contribution in [0.4, 0.5) is 0 Å². The lowest BCUT2D eigenvalue weighted by Gasteiger charge is -2.23. The van der Waals surface area contributed by atoms with E-state index in [0.717, 1.165) is 35.1 Å². The first-order chi connectivity index (χ1) is 29.8. The highest BCUT2D eigenvalue weighted by Crippen LogP contribution is 2.37. The molecular weight excluding hydrogens is 862 g/mol. The van der Waals surface area contributed by atoms with Gasteiger partial charge in [-0.3, -0.25) is 9.59 Å². The molecule has 0 spiro atoms. The topological polar surface area (TPSA) is 73.1 Å². The zero-order chi connectivity index (χ0) is 43.9. The summed E-state index contributed by atoms with van der Waals surface area (Å²) in [6.07, 6.45) is 8.95. The molecule has 2 heterocycles. The highest BCUT2D eigenvalue weighted by molar-refractivity contribution is 6.42. The maximum absolute atomic E-state index is 14.0. The summed E-state index contributed by atoms with van der Waals surface area (Å²) in [7, 11) is 0. The molecule has 0 fully saturated rings. The molecule has 10 heteroatoms. The average molecular weight is 910 g/mol. The van der Waals surface area contributed by atoms with E-state index in [1.165, 1.54) is 0 Å². The van der Waals surface area contributed by atoms with Crippen molar-refractivity contribution in [3.8, 4) is 22.6 Å². The molecule has 1 aliphatic heterocycles. The van der Waals surface area contributed by atoms with Gasteiger partial charge in [0.1, 0.15) is 11.5 Å². The van der Waals surface area contributed by atoms with Crippen molar-refractivity contribution in [1.82, 2.24) is 0 Å². The molecule has 0 saturated carbocycles. The minimum Gasteiger partial charge on any atom is -0.457 e. The van der Waals surface area contributed by atoms with Gasteiger partial charge in [0.2, 0.25) is 10.9 Å². The van der Waals surface area contributed by atoms with Gasteiger partial charge >= 0.3 is 11.5 Å². The maximum atomic E-state index is 14.0. The first-order valence-corrected chi connectivity index (χ1v) is 22.2. The Morgan fingerprint density at radius 2 is 1.15 bits per heavy atom. The minimum atomic E-state index is -0.481. The standard InChI is InChI=1S/C52H47Cl4O6/c1-31(2)17-19-59-29-37-9-5-7-11-39(37)49-25-33(23-47(61-49)35-13-15-43(53)45(55)27-35)21-41-51(57)42(52(41)58)22-34-24-48(36-14-16-44(54)46(56)28-36)62-50(26-34)40-12-8-6-10-38(40)30-60-20-18-32(3)4/h5-16,21-28,31-33H,17-20,29-30H2,1-4H3/q+1. The summed E-state index contributed by atoms with van der Waals surface area (Å²) >= 11 is 25.4. The summed E-state index contributed by atoms with van der Waals surface area (Å²) in [5.41, 5.74) is 4.78. The van der Waals surface area contributed by atoms with Crippen molar-refractivity contribution in [2.45, 2.75) is 53.8 Å². The van der Waals surface area contributed by atoms with Gasteiger partial charge in [0.05, 0.1) is 67.0 Å². The average Bonchev–Trinajstić information content (AvgIpc) is 3.26. The molecule has 1 atom stereocenters. The lowest BCUT2D eigenvalue weighted by molar-refractivity contribution is 0.110. The molecule has 0 radical (unpaired) electrons. The van der Waals surface area contributed by atoms with Crippen LogP contribution in [0, 0.1) is 17.8 Å². The van der Waals surface area contributed by atoms with Crippen LogP contribution in [0.2, 0.25) is 20.1 Å². The molecule has 318 valence electrons. The number of hydrogen-bond acceptors (Lipinski definition) is 5. The molecule has 0 saturated heterocycles. The zero-order valence-electron chi connectivity index (χ0n) is 35.0. The number of allylic oxidation sites excluding steroid dienone is 2. The third-order valence-electron chi connectivity index (χ3n) is 10.5. The van der Waals surface area contributed by atoms with Crippen molar-refractivity contribution in [2.24, 2.45) is 17.8 Å². The van der Waals surface area contributed by atoms with Gasteiger partial charge in [0.25, 0.3) is 0 Å². The van der Waals surface area contributed by atoms with Crippen LogP contribution in [0.25, 0.3) is 46.3 Å². The Labute approximate surface area is 382 Å². The molecular formula is C52H47Cl4O6+. The molecule has 1 aliphatic rings. The van der Waals surface area contributed by atoms with Crippen molar-refractivity contribution >= 4 is 70.1 Å². The monoisotopic (exact) mass is 907 g/mol. The summed E-state index contributed by atoms with van der Waals surface area (Å²) in [6, 6.07) is 29.8. The van der Waals surface area contributed by atoms with Crippen molar-refractivity contribution in [3.05, 3.63) is 188 Å². The van der Waals surface area contributed by atoms with Gasteiger partial charge in [-0.1, -0.05) is 123 Å². The van der Waals surface area contributed by atoms with Gasteiger partial charge in [0.15, 0.2) is 0 Å². The first-order valence-electron chi connectivity index (χ1n) is 20.7. The van der Waals surface area contributed by atoms with Crippen LogP contribution >= 0.6 is 46.4 Å². The van der Waals surface area contributed by atoms with Gasteiger partial charge in [-0.2, -0.15) is 0 Å². The highest BCUT2D eigenvalue weighted by Gasteiger charge is 2.25. The van der Waals surface area contributed by atoms with Crippen LogP contribution in [-0.4, -0.2) is 13.2 Å². The van der Waals surface area contributed by atoms with Crippen LogP contribution in [0.1, 0.15) is 68.4 Å². The molecule has 0 N–H and O–H groups in total. The number of hydrogen-bond donors (Lipinski definition) is 0. The fraction of sp³-hybridized carbons (Fsp3) is 0.250. The molecule has 6 aromatic rings. The number of halogens is 4. The predicted molar refractivity (Wildman–Crippen MR) is 254 cm³/mol. The fourth-order valence-electron chi connectivity index (χ4n) is 7.01. The number of benzene rings is 4. The zero-order valence-corrected chi connectivity index (χ0v) is 38.0. The van der Waals surface area contributed by atoms with Crippen LogP contribution in [0.15, 0.2) is 123 Å². The summed E-state index contributed by atoms with van der Waals surface area (Å²) in [4.78, 5) is 27.9. The highest BCUT2D eigenvalue weighted by atomic mass is 35.5. The lowest BCUT2D eigenvalue weighted by atomic mass is 9.95. The van der Waals surface area contributed by atoms with E-state index < -0.39 is 5.92 Å². The quantitative estimate of drug-likeness (QED) is 0.0711. The van der Waals surface area contributed by atoms with E-state index >= 15 is 0 Å². The van der Waals surface area contributed by atoms with Gasteiger partial charge < -0.3 is 14.2 Å². The number of ether oxygens (including phenoxy) is 3. The van der Waals surface area contributed by atoms with Gasteiger partial charge in [-0.15, -0.1) is 0 Å². The molecule has 6 nitrogen and oxygen atoms in total. The molecule has 0 amide bonds. The van der Waals surface area contributed by atoms with Crippen LogP contribution in [0.3, 0.4) is 0 Å². The third-order valence-corrected chi connectivity index (χ3v) is 12.0. The van der Waals surface area contributed by atoms with E-state index in [-0.39, 0.29) is 21.3 Å². The maximum Gasteiger partial charge on any atom is 0.361 e. The smallest absolute Gasteiger partial charge is 0.361 e. The Balaban J connectivity index is 1.29. The molecule has 0 aliphatic carbocycles. The normalized spacial score (nSPS) is 13.9. The first kappa shape index (κ1) is 45.2. The Bertz CT molecular complexity index is 2820. The van der Waals surface area contributed by atoms with Crippen molar-refractivity contribution in [1.29, 1.82) is 0 Å². The lowest BCUT2D eigenvalue weighted by Crippen LogP contribution is -2.64. The second kappa shape index (κ2) is 20.6. The summed E-state index contributed by atoms with van der Waals surface area (Å²) in [5, 5.41) is 1.70. The van der Waals surface area contributed by atoms with E-state index in [9.17, 15) is 9.59 Å². The van der Waals surface area contributed by atoms with Gasteiger partial charge in [0, 0.05) is 30.3 Å². The van der Waals surface area contributed by atoms with E-state index in [4.69, 9.17) is 65.0 Å². The predicted octanol–water partition coefficient (Wildman–Crippen LogP) is 12.6. The van der Waals surface area contributed by atoms with E-state index in [1.54, 1.807) is 42.5 Å². The Morgan fingerprint density at radius 3 is 1.76 bits per heavy atom. The van der Waals surface area contributed by atoms with Crippen LogP contribution in [-0.2, 0) is 27.4 Å². The van der Waals surface area contributed by atoms with Crippen LogP contribution < -0.4 is 21.3 Å². The molecule has 1 aromatic heterocycles. The third kappa shape index (κ3) is 11.0. The molecule has 7 rings (SSSR count). The summed E-state index contributed by atoms with van der Waals surface area (Å²) in [5.74, 6) is 2.64. The van der Waals surface area contributed by atoms with Crippen molar-refractivity contribution < 1.29 is 18.6 Å². The fourth-order valence-corrected chi connectivity index (χ4v) is 7.61. The van der Waals surface area contributed by atoms with Gasteiger partial charge in [-0.05, 0) is 102 Å². The summed E-state index contributed by atoms with van der Waals surface area (Å²) in [6.45, 7) is 10.7. The molecule has 0 bridgehead atoms. The second-order valence-corrected chi connectivity index (χ2v) is 17.8. The Kier molecular flexibility index (Phi) is 15.0. The Hall–Kier alpha value is -4.79. The number of rotatable bonds is 16. The minimum absolute atomic E-state index is 0.0626. The van der Waals surface area contributed by atoms with Crippen LogP contribution in [0.5, 0.6) is 0 Å². The molecule has 5 aromatic carbocycles. The van der Waals surface area contributed by atoms with Crippen molar-refractivity contribution in [2.75, 3.05) is 13.2 Å². The Morgan fingerprint density at radius 1 is 0.613 bits per heavy atom. The van der Waals surface area contributed by atoms with E-state index in [2.05, 4.69) is 27.7 Å². The van der Waals surface area contributed by atoms with Crippen molar-refractivity contribution in [3.63, 3.8) is 0 Å². The SMILES string of the molecule is CC(C)CCOCc1ccccc1C1=CC(C=c2c(=O)c(=Cc3cc(-c4ccc(Cl)c(Cl)c4)[o+]c(-c4ccccc4COCCC(C)C)c3)c2=O)C=C(c2ccc(Cl)c(Cl)c2)O1. The summed E-state index contributed by atoms with van der Waals surface area (Å²) < 4.78 is 25.2. The molecule has 1 unspecified atom stereocenters. The van der Waals surface area contributed by atoms with Gasteiger partial charge in [-0.25, -0.2) is 4.42 Å². The largest absolute Gasteiger partial charge is 0.457 e. The van der Waals surface area contributed by atoms with E-state index in [1.807, 2.05) is 78.9 Å². The van der Waals surface area contributed by atoms with E-state index in [0.29, 0.717) is 98.1 Å².